The van der Waals surface area contributed by atoms with Crippen molar-refractivity contribution in [2.75, 3.05) is 12.8 Å². The molecular formula is C14H19O2P. The SMILES string of the molecule is CCOC(=O)CC1CCCP1c1ccccc1. The molecule has 1 aromatic rings. The van der Waals surface area contributed by atoms with Gasteiger partial charge in [-0.25, -0.2) is 0 Å². The Balaban J connectivity index is 2.00. The van der Waals surface area contributed by atoms with Gasteiger partial charge in [0.15, 0.2) is 0 Å². The first-order valence-corrected chi connectivity index (χ1v) is 7.88. The van der Waals surface area contributed by atoms with Crippen molar-refractivity contribution in [2.45, 2.75) is 31.8 Å². The summed E-state index contributed by atoms with van der Waals surface area (Å²) in [6.45, 7) is 2.36. The van der Waals surface area contributed by atoms with Gasteiger partial charge in [0.1, 0.15) is 0 Å². The van der Waals surface area contributed by atoms with Gasteiger partial charge in [-0.2, -0.15) is 0 Å². The summed E-state index contributed by atoms with van der Waals surface area (Å²) < 4.78 is 5.06. The van der Waals surface area contributed by atoms with Crippen molar-refractivity contribution in [3.05, 3.63) is 30.3 Å². The van der Waals surface area contributed by atoms with Crippen LogP contribution in [-0.4, -0.2) is 24.4 Å². The van der Waals surface area contributed by atoms with Gasteiger partial charge < -0.3 is 4.74 Å². The third-order valence-electron chi connectivity index (χ3n) is 3.17. The van der Waals surface area contributed by atoms with E-state index < -0.39 is 0 Å². The van der Waals surface area contributed by atoms with Gasteiger partial charge in [0.2, 0.25) is 0 Å². The van der Waals surface area contributed by atoms with Crippen LogP contribution >= 0.6 is 7.92 Å². The average molecular weight is 250 g/mol. The predicted octanol–water partition coefficient (Wildman–Crippen LogP) is 2.91. The molecule has 0 aliphatic carbocycles. The van der Waals surface area contributed by atoms with Crippen LogP contribution in [0.2, 0.25) is 0 Å². The van der Waals surface area contributed by atoms with E-state index in [1.165, 1.54) is 24.3 Å². The van der Waals surface area contributed by atoms with E-state index in [0.29, 0.717) is 18.7 Å². The van der Waals surface area contributed by atoms with Crippen molar-refractivity contribution in [1.82, 2.24) is 0 Å². The lowest BCUT2D eigenvalue weighted by Gasteiger charge is -2.19. The van der Waals surface area contributed by atoms with Crippen LogP contribution in [0.5, 0.6) is 0 Å². The number of hydrogen-bond acceptors (Lipinski definition) is 2. The maximum Gasteiger partial charge on any atom is 0.306 e. The van der Waals surface area contributed by atoms with Crippen molar-refractivity contribution < 1.29 is 9.53 Å². The second-order valence-electron chi connectivity index (χ2n) is 4.33. The number of carbonyl (C=O) groups excluding carboxylic acids is 1. The monoisotopic (exact) mass is 250 g/mol. The van der Waals surface area contributed by atoms with Gasteiger partial charge in [-0.1, -0.05) is 38.3 Å². The lowest BCUT2D eigenvalue weighted by molar-refractivity contribution is -0.143. The van der Waals surface area contributed by atoms with Crippen molar-refractivity contribution >= 4 is 19.2 Å². The van der Waals surface area contributed by atoms with E-state index in [2.05, 4.69) is 30.3 Å². The summed E-state index contributed by atoms with van der Waals surface area (Å²) in [5.41, 5.74) is 0.534. The Hall–Kier alpha value is -0.880. The molecule has 1 aliphatic rings. The highest BCUT2D eigenvalue weighted by Crippen LogP contribution is 2.50. The zero-order valence-corrected chi connectivity index (χ0v) is 11.2. The van der Waals surface area contributed by atoms with Gasteiger partial charge in [0.05, 0.1) is 13.0 Å². The molecule has 1 aliphatic heterocycles. The number of carbonyl (C=O) groups is 1. The molecule has 0 aromatic heterocycles. The Kier molecular flexibility index (Phi) is 4.56. The summed E-state index contributed by atoms with van der Waals surface area (Å²) in [6.07, 6.45) is 4.31. The van der Waals surface area contributed by atoms with E-state index >= 15 is 0 Å². The summed E-state index contributed by atoms with van der Waals surface area (Å²) in [6, 6.07) is 10.6. The minimum atomic E-state index is -0.148. The van der Waals surface area contributed by atoms with E-state index in [4.69, 9.17) is 4.74 Å². The number of ether oxygens (including phenoxy) is 1. The first kappa shape index (κ1) is 12.6. The second kappa shape index (κ2) is 6.16. The highest BCUT2D eigenvalue weighted by atomic mass is 31.1. The number of rotatable bonds is 4. The Labute approximate surface area is 104 Å². The topological polar surface area (TPSA) is 26.3 Å². The van der Waals surface area contributed by atoms with Crippen LogP contribution in [0.3, 0.4) is 0 Å². The number of benzene rings is 1. The third kappa shape index (κ3) is 3.29. The predicted molar refractivity (Wildman–Crippen MR) is 72.1 cm³/mol. The molecule has 1 aromatic carbocycles. The Bertz CT molecular complexity index is 364. The van der Waals surface area contributed by atoms with Crippen molar-refractivity contribution in [3.8, 4) is 0 Å². The molecule has 0 spiro atoms. The van der Waals surface area contributed by atoms with Crippen molar-refractivity contribution in [3.63, 3.8) is 0 Å². The van der Waals surface area contributed by atoms with Crippen LogP contribution in [0.1, 0.15) is 26.2 Å². The number of hydrogen-bond donors (Lipinski definition) is 0. The smallest absolute Gasteiger partial charge is 0.306 e. The normalized spacial score (nSPS) is 23.6. The van der Waals surface area contributed by atoms with Crippen LogP contribution < -0.4 is 5.30 Å². The highest BCUT2D eigenvalue weighted by Gasteiger charge is 2.30. The Morgan fingerprint density at radius 1 is 1.41 bits per heavy atom. The van der Waals surface area contributed by atoms with Gasteiger partial charge in [-0.3, -0.25) is 4.79 Å². The van der Waals surface area contributed by atoms with Crippen LogP contribution in [-0.2, 0) is 9.53 Å². The molecule has 1 fully saturated rings. The average Bonchev–Trinajstić information content (AvgIpc) is 2.78. The van der Waals surface area contributed by atoms with Gasteiger partial charge in [-0.05, 0) is 36.9 Å². The van der Waals surface area contributed by atoms with E-state index in [0.717, 1.165) is 0 Å². The van der Waals surface area contributed by atoms with Gasteiger partial charge >= 0.3 is 5.97 Å². The fraction of sp³-hybridized carbons (Fsp3) is 0.500. The molecule has 0 bridgehead atoms. The maximum atomic E-state index is 11.6. The van der Waals surface area contributed by atoms with Crippen LogP contribution in [0.25, 0.3) is 0 Å². The molecule has 0 amide bonds. The molecule has 1 heterocycles. The van der Waals surface area contributed by atoms with Gasteiger partial charge in [0, 0.05) is 0 Å². The largest absolute Gasteiger partial charge is 0.466 e. The molecule has 2 atom stereocenters. The molecule has 0 saturated carbocycles. The number of esters is 1. The highest BCUT2D eigenvalue weighted by molar-refractivity contribution is 7.66. The maximum absolute atomic E-state index is 11.6. The van der Waals surface area contributed by atoms with E-state index in [9.17, 15) is 4.79 Å². The fourth-order valence-corrected chi connectivity index (χ4v) is 5.41. The Morgan fingerprint density at radius 2 is 2.18 bits per heavy atom. The Morgan fingerprint density at radius 3 is 2.88 bits per heavy atom. The zero-order valence-electron chi connectivity index (χ0n) is 10.3. The summed E-state index contributed by atoms with van der Waals surface area (Å²) in [5.74, 6) is -0.0252. The lowest BCUT2D eigenvalue weighted by Crippen LogP contribution is -2.16. The molecule has 0 radical (unpaired) electrons. The van der Waals surface area contributed by atoms with Crippen LogP contribution in [0.15, 0.2) is 30.3 Å². The molecule has 0 N–H and O–H groups in total. The van der Waals surface area contributed by atoms with Crippen molar-refractivity contribution in [2.24, 2.45) is 0 Å². The third-order valence-corrected chi connectivity index (χ3v) is 6.25. The summed E-state index contributed by atoms with van der Waals surface area (Å²) in [4.78, 5) is 11.6. The molecule has 92 valence electrons. The molecular weight excluding hydrogens is 231 g/mol. The fourth-order valence-electron chi connectivity index (χ4n) is 2.42. The summed E-state index contributed by atoms with van der Waals surface area (Å²) in [7, 11) is -0.148. The van der Waals surface area contributed by atoms with Gasteiger partial charge in [-0.15, -0.1) is 0 Å². The van der Waals surface area contributed by atoms with Crippen LogP contribution in [0.4, 0.5) is 0 Å². The van der Waals surface area contributed by atoms with E-state index in [1.54, 1.807) is 0 Å². The van der Waals surface area contributed by atoms with E-state index in [1.807, 2.05) is 6.92 Å². The quantitative estimate of drug-likeness (QED) is 0.606. The summed E-state index contributed by atoms with van der Waals surface area (Å²) >= 11 is 0. The first-order chi connectivity index (χ1) is 8.31. The van der Waals surface area contributed by atoms with E-state index in [-0.39, 0.29) is 13.9 Å². The van der Waals surface area contributed by atoms with Crippen LogP contribution in [0, 0.1) is 0 Å². The molecule has 2 unspecified atom stereocenters. The molecule has 1 saturated heterocycles. The van der Waals surface area contributed by atoms with Gasteiger partial charge in [0.25, 0.3) is 0 Å². The zero-order chi connectivity index (χ0) is 12.1. The standard InChI is InChI=1S/C14H19O2P/c1-2-16-14(15)11-13-9-6-10-17(13)12-7-4-3-5-8-12/h3-5,7-8,13H,2,6,9-11H2,1H3. The van der Waals surface area contributed by atoms with Crippen molar-refractivity contribution in [1.29, 1.82) is 0 Å². The summed E-state index contributed by atoms with van der Waals surface area (Å²) in [5, 5.41) is 1.44. The minimum Gasteiger partial charge on any atom is -0.466 e. The molecule has 17 heavy (non-hydrogen) atoms. The first-order valence-electron chi connectivity index (χ1n) is 6.28. The minimum absolute atomic E-state index is 0.0252. The second-order valence-corrected chi connectivity index (χ2v) is 6.97. The molecule has 3 heteroatoms. The lowest BCUT2D eigenvalue weighted by atomic mass is 10.2. The molecule has 2 rings (SSSR count). The molecule has 2 nitrogen and oxygen atoms in total.